The van der Waals surface area contributed by atoms with Crippen LogP contribution in [0.2, 0.25) is 0 Å². The van der Waals surface area contributed by atoms with Gasteiger partial charge in [-0.3, -0.25) is 9.48 Å². The summed E-state index contributed by atoms with van der Waals surface area (Å²) in [5.74, 6) is 0.622. The molecule has 0 bridgehead atoms. The molecule has 0 aliphatic heterocycles. The first-order chi connectivity index (χ1) is 12.9. The van der Waals surface area contributed by atoms with Crippen molar-refractivity contribution in [3.63, 3.8) is 0 Å². The van der Waals surface area contributed by atoms with Crippen LogP contribution in [0.25, 0.3) is 0 Å². The van der Waals surface area contributed by atoms with Crippen LogP contribution in [0.1, 0.15) is 59.7 Å². The van der Waals surface area contributed by atoms with Crippen LogP contribution in [0.3, 0.4) is 0 Å². The molecule has 1 atom stereocenters. The van der Waals surface area contributed by atoms with E-state index in [0.717, 1.165) is 35.8 Å². The predicted octanol–water partition coefficient (Wildman–Crippen LogP) is 4.63. The summed E-state index contributed by atoms with van der Waals surface area (Å²) >= 11 is 5.37. The molecule has 1 N–H and O–H groups in total. The van der Waals surface area contributed by atoms with Crippen LogP contribution in [-0.4, -0.2) is 40.7 Å². The van der Waals surface area contributed by atoms with Crippen molar-refractivity contribution in [3.05, 3.63) is 38.3 Å². The molecule has 0 spiro atoms. The third-order valence-corrected chi connectivity index (χ3v) is 7.41. The molecule has 148 valence electrons. The minimum Gasteiger partial charge on any atom is -0.348 e. The van der Waals surface area contributed by atoms with Crippen molar-refractivity contribution >= 4 is 33.2 Å². The van der Waals surface area contributed by atoms with Crippen LogP contribution >= 0.6 is 27.3 Å². The molecule has 1 saturated carbocycles. The van der Waals surface area contributed by atoms with Crippen molar-refractivity contribution in [1.82, 2.24) is 20.0 Å². The summed E-state index contributed by atoms with van der Waals surface area (Å²) in [6.45, 7) is 4.62. The monoisotopic (exact) mass is 452 g/mol. The molecule has 2 aromatic rings. The standard InChI is InChI=1S/C20H29BrN4OS/c1-5-25-19(17(21)13(2)23-25)20(26)22-15-10-8-14(9-11-15)18(24(3)4)16-7-6-12-27-16/h6-7,12,14-15,18H,5,8-11H2,1-4H3,(H,22,26). The molecule has 0 radical (unpaired) electrons. The second-order valence-electron chi connectivity index (χ2n) is 7.57. The van der Waals surface area contributed by atoms with Crippen LogP contribution < -0.4 is 5.32 Å². The van der Waals surface area contributed by atoms with Gasteiger partial charge in [0.15, 0.2) is 0 Å². The summed E-state index contributed by atoms with van der Waals surface area (Å²) in [7, 11) is 4.34. The summed E-state index contributed by atoms with van der Waals surface area (Å²) in [4.78, 5) is 16.6. The molecule has 3 rings (SSSR count). The molecule has 1 aliphatic carbocycles. The van der Waals surface area contributed by atoms with E-state index in [1.807, 2.05) is 25.2 Å². The van der Waals surface area contributed by atoms with Gasteiger partial charge in [-0.2, -0.15) is 5.10 Å². The van der Waals surface area contributed by atoms with Crippen molar-refractivity contribution in [2.75, 3.05) is 14.1 Å². The van der Waals surface area contributed by atoms with Gasteiger partial charge in [0.05, 0.1) is 10.2 Å². The summed E-state index contributed by atoms with van der Waals surface area (Å²) in [5, 5.41) is 9.84. The first-order valence-corrected chi connectivity index (χ1v) is 11.3. The normalized spacial score (nSPS) is 21.4. The number of carbonyl (C=O) groups is 1. The number of aryl methyl sites for hydroxylation is 2. The van der Waals surface area contributed by atoms with Crippen LogP contribution in [0, 0.1) is 12.8 Å². The Hall–Kier alpha value is -1.18. The maximum atomic E-state index is 12.8. The molecule has 5 nitrogen and oxygen atoms in total. The fraction of sp³-hybridized carbons (Fsp3) is 0.600. The van der Waals surface area contributed by atoms with Gasteiger partial charge in [-0.15, -0.1) is 11.3 Å². The molecule has 0 saturated heterocycles. The zero-order chi connectivity index (χ0) is 19.6. The topological polar surface area (TPSA) is 50.2 Å². The van der Waals surface area contributed by atoms with Gasteiger partial charge in [0.1, 0.15) is 5.69 Å². The largest absolute Gasteiger partial charge is 0.348 e. The number of carbonyl (C=O) groups excluding carboxylic acids is 1. The van der Waals surface area contributed by atoms with Gasteiger partial charge in [-0.25, -0.2) is 0 Å². The average molecular weight is 453 g/mol. The molecule has 1 unspecified atom stereocenters. The van der Waals surface area contributed by atoms with Crippen molar-refractivity contribution in [2.45, 2.75) is 58.2 Å². The summed E-state index contributed by atoms with van der Waals surface area (Å²) < 4.78 is 2.58. The lowest BCUT2D eigenvalue weighted by atomic mass is 9.80. The number of nitrogens with zero attached hydrogens (tertiary/aromatic N) is 3. The van der Waals surface area contributed by atoms with E-state index in [1.165, 1.54) is 4.88 Å². The quantitative estimate of drug-likeness (QED) is 0.694. The highest BCUT2D eigenvalue weighted by atomic mass is 79.9. The Kier molecular flexibility index (Phi) is 6.76. The number of amides is 1. The lowest BCUT2D eigenvalue weighted by Crippen LogP contribution is -2.40. The fourth-order valence-corrected chi connectivity index (χ4v) is 5.68. The number of hydrogen-bond donors (Lipinski definition) is 1. The second kappa shape index (κ2) is 8.88. The first kappa shape index (κ1) is 20.6. The zero-order valence-corrected chi connectivity index (χ0v) is 18.9. The summed E-state index contributed by atoms with van der Waals surface area (Å²) in [6, 6.07) is 5.10. The van der Waals surface area contributed by atoms with Gasteiger partial charge >= 0.3 is 0 Å². The first-order valence-electron chi connectivity index (χ1n) is 9.66. The maximum absolute atomic E-state index is 12.8. The average Bonchev–Trinajstić information content (AvgIpc) is 3.25. The highest BCUT2D eigenvalue weighted by molar-refractivity contribution is 9.10. The SMILES string of the molecule is CCn1nc(C)c(Br)c1C(=O)NC1CCC(C(c2cccs2)N(C)C)CC1. The highest BCUT2D eigenvalue weighted by Crippen LogP contribution is 2.39. The number of rotatable bonds is 6. The Balaban J connectivity index is 1.62. The van der Waals surface area contributed by atoms with Gasteiger partial charge in [0.25, 0.3) is 5.91 Å². The van der Waals surface area contributed by atoms with E-state index in [4.69, 9.17) is 0 Å². The van der Waals surface area contributed by atoms with E-state index >= 15 is 0 Å². The fourth-order valence-electron chi connectivity index (χ4n) is 4.21. The maximum Gasteiger partial charge on any atom is 0.270 e. The van der Waals surface area contributed by atoms with Crippen LogP contribution in [0.4, 0.5) is 0 Å². The third kappa shape index (κ3) is 4.46. The molecule has 1 amide bonds. The molecular weight excluding hydrogens is 424 g/mol. The van der Waals surface area contributed by atoms with Crippen molar-refractivity contribution in [3.8, 4) is 0 Å². The summed E-state index contributed by atoms with van der Waals surface area (Å²) in [6.07, 6.45) is 4.34. The van der Waals surface area contributed by atoms with Crippen LogP contribution in [0.15, 0.2) is 22.0 Å². The summed E-state index contributed by atoms with van der Waals surface area (Å²) in [5.41, 5.74) is 1.50. The number of thiophene rings is 1. The van der Waals surface area contributed by atoms with E-state index in [9.17, 15) is 4.79 Å². The number of nitrogens with one attached hydrogen (secondary N) is 1. The zero-order valence-electron chi connectivity index (χ0n) is 16.5. The van der Waals surface area contributed by atoms with E-state index in [1.54, 1.807) is 4.68 Å². The van der Waals surface area contributed by atoms with Gasteiger partial charge in [-0.05, 0) is 86.9 Å². The minimum atomic E-state index is -0.0183. The smallest absolute Gasteiger partial charge is 0.270 e. The third-order valence-electron chi connectivity index (χ3n) is 5.51. The molecular formula is C20H29BrN4OS. The van der Waals surface area contributed by atoms with Gasteiger partial charge < -0.3 is 10.2 Å². The van der Waals surface area contributed by atoms with E-state index in [-0.39, 0.29) is 11.9 Å². The van der Waals surface area contributed by atoms with Crippen molar-refractivity contribution in [2.24, 2.45) is 5.92 Å². The lowest BCUT2D eigenvalue weighted by molar-refractivity contribution is 0.0896. The van der Waals surface area contributed by atoms with Crippen LogP contribution in [0.5, 0.6) is 0 Å². The molecule has 1 aliphatic rings. The van der Waals surface area contributed by atoms with Gasteiger partial charge in [0.2, 0.25) is 0 Å². The minimum absolute atomic E-state index is 0.0183. The second-order valence-corrected chi connectivity index (χ2v) is 9.35. The Morgan fingerprint density at radius 3 is 2.67 bits per heavy atom. The number of halogens is 1. The number of hydrogen-bond acceptors (Lipinski definition) is 4. The molecule has 7 heteroatoms. The van der Waals surface area contributed by atoms with E-state index in [0.29, 0.717) is 24.2 Å². The Morgan fingerprint density at radius 2 is 2.11 bits per heavy atom. The number of aromatic nitrogens is 2. The molecule has 0 aromatic carbocycles. The van der Waals surface area contributed by atoms with Gasteiger partial charge in [0, 0.05) is 23.5 Å². The highest BCUT2D eigenvalue weighted by Gasteiger charge is 2.31. The van der Waals surface area contributed by atoms with Crippen molar-refractivity contribution in [1.29, 1.82) is 0 Å². The molecule has 2 aromatic heterocycles. The van der Waals surface area contributed by atoms with Gasteiger partial charge in [-0.1, -0.05) is 6.07 Å². The molecule has 27 heavy (non-hydrogen) atoms. The van der Waals surface area contributed by atoms with Crippen molar-refractivity contribution < 1.29 is 4.79 Å². The molecule has 2 heterocycles. The van der Waals surface area contributed by atoms with Crippen LogP contribution in [-0.2, 0) is 6.54 Å². The predicted molar refractivity (Wildman–Crippen MR) is 114 cm³/mol. The Bertz CT molecular complexity index is 763. The van der Waals surface area contributed by atoms with E-state index in [2.05, 4.69) is 62.9 Å². The Morgan fingerprint density at radius 1 is 1.41 bits per heavy atom. The Labute approximate surface area is 174 Å². The molecule has 1 fully saturated rings. The lowest BCUT2D eigenvalue weighted by Gasteiger charge is -2.37. The van der Waals surface area contributed by atoms with E-state index < -0.39 is 0 Å².